The third-order valence-electron chi connectivity index (χ3n) is 5.90. The van der Waals surface area contributed by atoms with E-state index < -0.39 is 17.2 Å². The van der Waals surface area contributed by atoms with Crippen LogP contribution in [0.1, 0.15) is 44.1 Å². The Kier molecular flexibility index (Phi) is 6.50. The number of carboxylic acids is 1. The summed E-state index contributed by atoms with van der Waals surface area (Å²) in [5.74, 6) is -0.515. The minimum Gasteiger partial charge on any atom is -0.481 e. The van der Waals surface area contributed by atoms with Crippen molar-refractivity contribution in [2.24, 2.45) is 0 Å². The molecule has 0 radical (unpaired) electrons. The van der Waals surface area contributed by atoms with E-state index in [1.54, 1.807) is 0 Å². The second-order valence-corrected chi connectivity index (χ2v) is 8.35. The molecule has 10 heteroatoms. The minimum absolute atomic E-state index is 0.142. The summed E-state index contributed by atoms with van der Waals surface area (Å²) in [5.41, 5.74) is 2.40. The number of hydrogen-bond acceptors (Lipinski definition) is 7. The highest BCUT2D eigenvalue weighted by atomic mass is 16.4. The van der Waals surface area contributed by atoms with Crippen molar-refractivity contribution < 1.29 is 9.90 Å². The predicted octanol–water partition coefficient (Wildman–Crippen LogP) is 1.70. The molecule has 3 aliphatic heterocycles. The SMILES string of the molecule is Cc1cc2nc3c(=O)[nH]c(=O)nc-3n(CCCCCCC(=O)O)c2cc1NC1CCNC1. The lowest BCUT2D eigenvalue weighted by atomic mass is 10.1. The van der Waals surface area contributed by atoms with Crippen LogP contribution >= 0.6 is 0 Å². The molecule has 1 aromatic carbocycles. The van der Waals surface area contributed by atoms with Crippen LogP contribution in [-0.2, 0) is 11.3 Å². The van der Waals surface area contributed by atoms with Crippen molar-refractivity contribution in [3.8, 4) is 11.5 Å². The topological polar surface area (TPSA) is 142 Å². The van der Waals surface area contributed by atoms with Gasteiger partial charge in [0.25, 0.3) is 5.56 Å². The number of H-pyrrole nitrogens is 1. The van der Waals surface area contributed by atoms with Gasteiger partial charge in [-0.1, -0.05) is 12.8 Å². The number of benzene rings is 1. The molecule has 0 aliphatic carbocycles. The van der Waals surface area contributed by atoms with Gasteiger partial charge in [0.05, 0.1) is 11.0 Å². The number of carboxylic acid groups (broad SMARTS) is 1. The third kappa shape index (κ3) is 4.80. The largest absolute Gasteiger partial charge is 0.481 e. The molecule has 10 nitrogen and oxygen atoms in total. The van der Waals surface area contributed by atoms with Crippen LogP contribution < -0.4 is 21.9 Å². The molecule has 3 aliphatic rings. The van der Waals surface area contributed by atoms with Crippen molar-refractivity contribution in [3.05, 3.63) is 38.5 Å². The quantitative estimate of drug-likeness (QED) is 0.291. The van der Waals surface area contributed by atoms with Gasteiger partial charge < -0.3 is 20.3 Å². The number of aromatic amines is 1. The average molecular weight is 441 g/mol. The zero-order valence-corrected chi connectivity index (χ0v) is 18.1. The van der Waals surface area contributed by atoms with Crippen LogP contribution in [0, 0.1) is 6.92 Å². The molecule has 3 heterocycles. The van der Waals surface area contributed by atoms with Gasteiger partial charge in [0.15, 0.2) is 11.5 Å². The number of hydrogen-bond donors (Lipinski definition) is 4. The monoisotopic (exact) mass is 440 g/mol. The maximum absolute atomic E-state index is 12.4. The van der Waals surface area contributed by atoms with Crippen LogP contribution in [0.15, 0.2) is 21.7 Å². The number of rotatable bonds is 9. The van der Waals surface area contributed by atoms with Gasteiger partial charge in [0, 0.05) is 31.2 Å². The Morgan fingerprint density at radius 1 is 1.22 bits per heavy atom. The Hall–Kier alpha value is -3.27. The second kappa shape index (κ2) is 9.47. The van der Waals surface area contributed by atoms with Crippen LogP contribution in [0.3, 0.4) is 0 Å². The van der Waals surface area contributed by atoms with Gasteiger partial charge in [0.2, 0.25) is 0 Å². The van der Waals surface area contributed by atoms with E-state index in [1.165, 1.54) is 0 Å². The normalized spacial score (nSPS) is 16.1. The van der Waals surface area contributed by atoms with Gasteiger partial charge in [-0.05, 0) is 50.4 Å². The molecule has 1 unspecified atom stereocenters. The van der Waals surface area contributed by atoms with Crippen LogP contribution in [0.2, 0.25) is 0 Å². The molecule has 0 aromatic heterocycles. The van der Waals surface area contributed by atoms with E-state index in [9.17, 15) is 14.4 Å². The smallest absolute Gasteiger partial charge is 0.349 e. The van der Waals surface area contributed by atoms with Gasteiger partial charge in [0.1, 0.15) is 0 Å². The van der Waals surface area contributed by atoms with Gasteiger partial charge in [-0.15, -0.1) is 0 Å². The van der Waals surface area contributed by atoms with E-state index in [0.29, 0.717) is 24.5 Å². The lowest BCUT2D eigenvalue weighted by molar-refractivity contribution is -0.137. The molecule has 0 saturated carbocycles. The molecule has 4 rings (SSSR count). The number of aryl methyl sites for hydroxylation is 2. The number of aliphatic carboxylic acids is 1. The summed E-state index contributed by atoms with van der Waals surface area (Å²) in [6, 6.07) is 4.32. The highest BCUT2D eigenvalue weighted by Gasteiger charge is 2.21. The fourth-order valence-electron chi connectivity index (χ4n) is 4.22. The Labute approximate surface area is 184 Å². The first-order chi connectivity index (χ1) is 15.4. The van der Waals surface area contributed by atoms with Crippen molar-refractivity contribution in [1.82, 2.24) is 24.8 Å². The summed E-state index contributed by atoms with van der Waals surface area (Å²) in [6.07, 6.45) is 4.24. The first-order valence-electron chi connectivity index (χ1n) is 11.1. The standard InChI is InChI=1S/C22H28N6O4/c1-13-10-16-17(11-15(13)24-14-7-8-23-12-14)28(9-5-3-2-4-6-18(29)30)20-19(25-16)21(31)27-22(32)26-20/h10-11,14,23-24H,2-9,12H2,1H3,(H,29,30)(H,27,31,32). The van der Waals surface area contributed by atoms with Crippen LogP contribution in [0.25, 0.3) is 22.6 Å². The van der Waals surface area contributed by atoms with Crippen LogP contribution in [0.5, 0.6) is 0 Å². The summed E-state index contributed by atoms with van der Waals surface area (Å²) >= 11 is 0. The summed E-state index contributed by atoms with van der Waals surface area (Å²) in [4.78, 5) is 45.8. The number of anilines is 1. The maximum atomic E-state index is 12.4. The summed E-state index contributed by atoms with van der Waals surface area (Å²) in [7, 11) is 0. The van der Waals surface area contributed by atoms with Gasteiger partial charge in [-0.2, -0.15) is 4.98 Å². The molecule has 1 atom stereocenters. The number of unbranched alkanes of at least 4 members (excludes halogenated alkanes) is 3. The molecule has 0 spiro atoms. The molecule has 0 amide bonds. The lowest BCUT2D eigenvalue weighted by Gasteiger charge is -2.20. The first-order valence-corrected chi connectivity index (χ1v) is 11.1. The van der Waals surface area contributed by atoms with E-state index in [0.717, 1.165) is 55.5 Å². The minimum atomic E-state index is -0.787. The number of carbonyl (C=O) groups is 1. The zero-order valence-electron chi connectivity index (χ0n) is 18.1. The van der Waals surface area contributed by atoms with Crippen molar-refractivity contribution in [2.45, 2.75) is 58.0 Å². The lowest BCUT2D eigenvalue weighted by Crippen LogP contribution is -2.29. The third-order valence-corrected chi connectivity index (χ3v) is 5.90. The summed E-state index contributed by atoms with van der Waals surface area (Å²) in [5, 5.41) is 15.7. The summed E-state index contributed by atoms with van der Waals surface area (Å²) in [6.45, 7) is 4.44. The van der Waals surface area contributed by atoms with E-state index in [2.05, 4.69) is 25.6 Å². The fourth-order valence-corrected chi connectivity index (χ4v) is 4.22. The van der Waals surface area contributed by atoms with E-state index in [1.807, 2.05) is 23.6 Å². The Balaban J connectivity index is 1.71. The van der Waals surface area contributed by atoms with Crippen molar-refractivity contribution in [3.63, 3.8) is 0 Å². The van der Waals surface area contributed by atoms with Gasteiger partial charge in [-0.25, -0.2) is 9.78 Å². The Bertz CT molecular complexity index is 1210. The number of fused-ring (bicyclic) bond motifs is 2. The molecule has 1 fully saturated rings. The van der Waals surface area contributed by atoms with Gasteiger partial charge >= 0.3 is 11.7 Å². The average Bonchev–Trinajstić information content (AvgIpc) is 3.24. The molecule has 1 saturated heterocycles. The van der Waals surface area contributed by atoms with E-state index in [4.69, 9.17) is 5.11 Å². The maximum Gasteiger partial charge on any atom is 0.349 e. The molecule has 32 heavy (non-hydrogen) atoms. The fraction of sp³-hybridized carbons (Fsp3) is 0.500. The van der Waals surface area contributed by atoms with Gasteiger partial charge in [-0.3, -0.25) is 14.6 Å². The van der Waals surface area contributed by atoms with Crippen LogP contribution in [0.4, 0.5) is 5.69 Å². The second-order valence-electron chi connectivity index (χ2n) is 8.35. The molecule has 1 aromatic rings. The first kappa shape index (κ1) is 21.9. The van der Waals surface area contributed by atoms with Crippen LogP contribution in [-0.4, -0.2) is 49.7 Å². The van der Waals surface area contributed by atoms with Crippen molar-refractivity contribution in [2.75, 3.05) is 18.4 Å². The van der Waals surface area contributed by atoms with Crippen molar-refractivity contribution >= 4 is 22.7 Å². The highest BCUT2D eigenvalue weighted by molar-refractivity contribution is 5.84. The molecule has 4 N–H and O–H groups in total. The predicted molar refractivity (Wildman–Crippen MR) is 121 cm³/mol. The Morgan fingerprint density at radius 2 is 2.03 bits per heavy atom. The van der Waals surface area contributed by atoms with E-state index >= 15 is 0 Å². The molecular weight excluding hydrogens is 412 g/mol. The number of nitrogens with zero attached hydrogens (tertiary/aromatic N) is 3. The van der Waals surface area contributed by atoms with E-state index in [-0.39, 0.29) is 17.9 Å². The highest BCUT2D eigenvalue weighted by Crippen LogP contribution is 2.28. The summed E-state index contributed by atoms with van der Waals surface area (Å²) < 4.78 is 1.89. The molecule has 0 bridgehead atoms. The van der Waals surface area contributed by atoms with Crippen molar-refractivity contribution in [1.29, 1.82) is 0 Å². The zero-order chi connectivity index (χ0) is 22.7. The number of nitrogens with one attached hydrogen (secondary N) is 3. The molecule has 170 valence electrons. The molecular formula is C22H28N6O4. The Morgan fingerprint density at radius 3 is 2.78 bits per heavy atom. The number of aromatic nitrogens is 4.